The van der Waals surface area contributed by atoms with Crippen molar-refractivity contribution in [3.8, 4) is 11.8 Å². The number of nitrogen functional groups attached to an aromatic ring is 1. The second kappa shape index (κ2) is 5.98. The average Bonchev–Trinajstić information content (AvgIpc) is 2.43. The first-order valence-corrected chi connectivity index (χ1v) is 6.42. The third-order valence-electron chi connectivity index (χ3n) is 2.70. The molecule has 2 aromatic carbocycles. The van der Waals surface area contributed by atoms with Crippen molar-refractivity contribution in [3.63, 3.8) is 0 Å². The highest BCUT2D eigenvalue weighted by Crippen LogP contribution is 2.31. The van der Waals surface area contributed by atoms with Crippen LogP contribution in [0.1, 0.15) is 19.4 Å². The normalized spacial score (nSPS) is 10.1. The molecule has 3 N–H and O–H groups in total. The zero-order chi connectivity index (χ0) is 14.5. The van der Waals surface area contributed by atoms with Crippen molar-refractivity contribution in [2.24, 2.45) is 0 Å². The predicted molar refractivity (Wildman–Crippen MR) is 81.1 cm³/mol. The number of para-hydroxylation sites is 2. The van der Waals surface area contributed by atoms with E-state index >= 15 is 0 Å². The fraction of sp³-hybridized carbons (Fsp3) is 0.188. The summed E-state index contributed by atoms with van der Waals surface area (Å²) in [5, 5.41) is 12.2. The molecule has 0 saturated carbocycles. The van der Waals surface area contributed by atoms with Gasteiger partial charge in [0, 0.05) is 0 Å². The molecule has 0 aliphatic rings. The fourth-order valence-electron chi connectivity index (χ4n) is 1.81. The minimum absolute atomic E-state index is 0.0840. The van der Waals surface area contributed by atoms with Gasteiger partial charge in [-0.3, -0.25) is 0 Å². The van der Waals surface area contributed by atoms with Crippen LogP contribution in [-0.2, 0) is 0 Å². The van der Waals surface area contributed by atoms with E-state index in [9.17, 15) is 0 Å². The summed E-state index contributed by atoms with van der Waals surface area (Å²) in [6, 6.07) is 14.9. The van der Waals surface area contributed by atoms with Crippen molar-refractivity contribution in [2.45, 2.75) is 20.0 Å². The Morgan fingerprint density at radius 2 is 1.90 bits per heavy atom. The number of rotatable bonds is 4. The van der Waals surface area contributed by atoms with Crippen molar-refractivity contribution in [1.82, 2.24) is 0 Å². The smallest absolute Gasteiger partial charge is 0.143 e. The summed E-state index contributed by atoms with van der Waals surface area (Å²) in [4.78, 5) is 0. The Kier molecular flexibility index (Phi) is 4.11. The molecule has 2 aromatic rings. The zero-order valence-corrected chi connectivity index (χ0v) is 11.6. The molecule has 0 radical (unpaired) electrons. The van der Waals surface area contributed by atoms with Gasteiger partial charge in [-0.05, 0) is 44.2 Å². The molecular formula is C16H17N3O. The van der Waals surface area contributed by atoms with E-state index in [0.29, 0.717) is 16.9 Å². The van der Waals surface area contributed by atoms with Crippen LogP contribution in [-0.4, -0.2) is 6.10 Å². The first-order chi connectivity index (χ1) is 9.60. The van der Waals surface area contributed by atoms with Crippen molar-refractivity contribution >= 4 is 17.1 Å². The van der Waals surface area contributed by atoms with Crippen molar-refractivity contribution < 1.29 is 4.74 Å². The number of ether oxygens (including phenoxy) is 1. The molecule has 0 amide bonds. The Hall–Kier alpha value is -2.67. The number of hydrogen-bond acceptors (Lipinski definition) is 4. The molecule has 2 rings (SSSR count). The number of anilines is 3. The summed E-state index contributed by atoms with van der Waals surface area (Å²) in [6.07, 6.45) is 0.0840. The molecule has 0 spiro atoms. The van der Waals surface area contributed by atoms with Crippen LogP contribution in [0.5, 0.6) is 5.75 Å². The Labute approximate surface area is 118 Å². The summed E-state index contributed by atoms with van der Waals surface area (Å²) in [5.41, 5.74) is 8.60. The third-order valence-corrected chi connectivity index (χ3v) is 2.70. The average molecular weight is 267 g/mol. The van der Waals surface area contributed by atoms with Gasteiger partial charge in [-0.25, -0.2) is 0 Å². The lowest BCUT2D eigenvalue weighted by atomic mass is 10.1. The van der Waals surface area contributed by atoms with E-state index in [2.05, 4.69) is 11.4 Å². The molecule has 0 aliphatic heterocycles. The molecule has 0 bridgehead atoms. The lowest BCUT2D eigenvalue weighted by molar-refractivity contribution is 0.244. The Bertz CT molecular complexity index is 644. The van der Waals surface area contributed by atoms with Gasteiger partial charge in [-0.2, -0.15) is 5.26 Å². The van der Waals surface area contributed by atoms with Crippen LogP contribution < -0.4 is 15.8 Å². The summed E-state index contributed by atoms with van der Waals surface area (Å²) >= 11 is 0. The third kappa shape index (κ3) is 3.21. The Morgan fingerprint density at radius 1 is 1.15 bits per heavy atom. The highest BCUT2D eigenvalue weighted by molar-refractivity contribution is 5.76. The van der Waals surface area contributed by atoms with Crippen LogP contribution in [0.4, 0.5) is 17.1 Å². The number of benzene rings is 2. The van der Waals surface area contributed by atoms with Gasteiger partial charge in [0.05, 0.1) is 34.8 Å². The summed E-state index contributed by atoms with van der Waals surface area (Å²) in [6.45, 7) is 3.95. The van der Waals surface area contributed by atoms with Gasteiger partial charge < -0.3 is 15.8 Å². The van der Waals surface area contributed by atoms with E-state index in [1.807, 2.05) is 38.1 Å². The summed E-state index contributed by atoms with van der Waals surface area (Å²) < 4.78 is 5.75. The molecule has 0 unspecified atom stereocenters. The minimum atomic E-state index is 0.0840. The van der Waals surface area contributed by atoms with Crippen molar-refractivity contribution in [2.75, 3.05) is 11.1 Å². The minimum Gasteiger partial charge on any atom is -0.489 e. The molecule has 102 valence electrons. The molecular weight excluding hydrogens is 250 g/mol. The first-order valence-electron chi connectivity index (χ1n) is 6.42. The van der Waals surface area contributed by atoms with E-state index in [4.69, 9.17) is 15.7 Å². The number of nitrogens with one attached hydrogen (secondary N) is 1. The van der Waals surface area contributed by atoms with Crippen LogP contribution in [0.25, 0.3) is 0 Å². The molecule has 0 fully saturated rings. The molecule has 0 aromatic heterocycles. The Morgan fingerprint density at radius 3 is 2.60 bits per heavy atom. The van der Waals surface area contributed by atoms with Crippen LogP contribution in [0.2, 0.25) is 0 Å². The highest BCUT2D eigenvalue weighted by Gasteiger charge is 2.07. The number of nitriles is 1. The van der Waals surface area contributed by atoms with Gasteiger partial charge >= 0.3 is 0 Å². The standard InChI is InChI=1S/C16H17N3O/c1-11(2)20-16-6-4-3-5-14(16)19-15-9-12(10-17)7-8-13(15)18/h3-9,11,19H,18H2,1-2H3. The zero-order valence-electron chi connectivity index (χ0n) is 11.6. The number of nitrogens with zero attached hydrogens (tertiary/aromatic N) is 1. The molecule has 4 heteroatoms. The van der Waals surface area contributed by atoms with Gasteiger partial charge in [0.2, 0.25) is 0 Å². The molecule has 0 atom stereocenters. The van der Waals surface area contributed by atoms with Gasteiger partial charge in [-0.15, -0.1) is 0 Å². The topological polar surface area (TPSA) is 71.1 Å². The summed E-state index contributed by atoms with van der Waals surface area (Å²) in [5.74, 6) is 0.754. The molecule has 0 saturated heterocycles. The van der Waals surface area contributed by atoms with Gasteiger partial charge in [0.1, 0.15) is 5.75 Å². The second-order valence-corrected chi connectivity index (χ2v) is 4.70. The second-order valence-electron chi connectivity index (χ2n) is 4.70. The predicted octanol–water partition coefficient (Wildman–Crippen LogP) is 3.67. The maximum Gasteiger partial charge on any atom is 0.143 e. The maximum atomic E-state index is 8.95. The molecule has 0 aliphatic carbocycles. The van der Waals surface area contributed by atoms with E-state index in [0.717, 1.165) is 11.4 Å². The fourth-order valence-corrected chi connectivity index (χ4v) is 1.81. The highest BCUT2D eigenvalue weighted by atomic mass is 16.5. The van der Waals surface area contributed by atoms with Gasteiger partial charge in [0.25, 0.3) is 0 Å². The van der Waals surface area contributed by atoms with Crippen molar-refractivity contribution in [3.05, 3.63) is 48.0 Å². The lowest BCUT2D eigenvalue weighted by Gasteiger charge is -2.16. The van der Waals surface area contributed by atoms with Crippen LogP contribution in [0, 0.1) is 11.3 Å². The Balaban J connectivity index is 2.33. The SMILES string of the molecule is CC(C)Oc1ccccc1Nc1cc(C#N)ccc1N. The number of nitrogens with two attached hydrogens (primary N) is 1. The molecule has 20 heavy (non-hydrogen) atoms. The van der Waals surface area contributed by atoms with Crippen LogP contribution in [0.3, 0.4) is 0 Å². The quantitative estimate of drug-likeness (QED) is 0.829. The van der Waals surface area contributed by atoms with E-state index in [1.165, 1.54) is 0 Å². The lowest BCUT2D eigenvalue weighted by Crippen LogP contribution is -2.07. The maximum absolute atomic E-state index is 8.95. The van der Waals surface area contributed by atoms with Gasteiger partial charge in [-0.1, -0.05) is 12.1 Å². The van der Waals surface area contributed by atoms with Crippen LogP contribution in [0.15, 0.2) is 42.5 Å². The van der Waals surface area contributed by atoms with E-state index in [1.54, 1.807) is 18.2 Å². The monoisotopic (exact) mass is 267 g/mol. The first kappa shape index (κ1) is 13.8. The number of hydrogen-bond donors (Lipinski definition) is 2. The van der Waals surface area contributed by atoms with Crippen LogP contribution >= 0.6 is 0 Å². The summed E-state index contributed by atoms with van der Waals surface area (Å²) in [7, 11) is 0. The van der Waals surface area contributed by atoms with E-state index in [-0.39, 0.29) is 6.10 Å². The molecule has 0 heterocycles. The van der Waals surface area contributed by atoms with Crippen molar-refractivity contribution in [1.29, 1.82) is 5.26 Å². The largest absolute Gasteiger partial charge is 0.489 e. The van der Waals surface area contributed by atoms with Gasteiger partial charge in [0.15, 0.2) is 0 Å². The van der Waals surface area contributed by atoms with E-state index < -0.39 is 0 Å². The molecule has 4 nitrogen and oxygen atoms in total.